The molecule has 2 aromatic heterocycles. The van der Waals surface area contributed by atoms with Crippen molar-refractivity contribution in [2.45, 2.75) is 59.3 Å². The summed E-state index contributed by atoms with van der Waals surface area (Å²) in [5, 5.41) is 33.4. The van der Waals surface area contributed by atoms with Crippen LogP contribution in [0.25, 0.3) is 5.32 Å². The second kappa shape index (κ2) is 27.1. The van der Waals surface area contributed by atoms with Crippen LogP contribution in [-0.2, 0) is 30.3 Å². The predicted octanol–water partition coefficient (Wildman–Crippen LogP) is 9.92. The van der Waals surface area contributed by atoms with Crippen LogP contribution in [0.5, 0.6) is 5.75 Å². The minimum atomic E-state index is -4.94. The van der Waals surface area contributed by atoms with Gasteiger partial charge in [0.1, 0.15) is 0 Å². The topological polar surface area (TPSA) is 205 Å². The zero-order valence-electron chi connectivity index (χ0n) is 36.2. The van der Waals surface area contributed by atoms with Crippen LogP contribution in [0, 0.1) is 17.2 Å². The van der Waals surface area contributed by atoms with Gasteiger partial charge in [-0.15, -0.1) is 47.8 Å². The van der Waals surface area contributed by atoms with Crippen LogP contribution in [0.2, 0.25) is 0 Å². The van der Waals surface area contributed by atoms with Crippen LogP contribution in [0.1, 0.15) is 58.2 Å². The van der Waals surface area contributed by atoms with Crippen molar-refractivity contribution in [3.63, 3.8) is 0 Å². The molecule has 0 aliphatic carbocycles. The maximum absolute atomic E-state index is 12.8. The second-order valence-corrected chi connectivity index (χ2v) is 16.1. The summed E-state index contributed by atoms with van der Waals surface area (Å²) in [6.45, 7) is 14.8. The molecule has 0 atom stereocenters. The first kappa shape index (κ1) is 53.1. The van der Waals surface area contributed by atoms with E-state index < -0.39 is 10.2 Å². The summed E-state index contributed by atoms with van der Waals surface area (Å²) >= 11 is 0. The Labute approximate surface area is 385 Å². The summed E-state index contributed by atoms with van der Waals surface area (Å²) in [6.07, 6.45) is 3.39. The zero-order valence-corrected chi connectivity index (χ0v) is 38.7. The summed E-state index contributed by atoms with van der Waals surface area (Å²) in [6, 6.07) is 54.1. The molecule has 0 unspecified atom stereocenters. The molecule has 0 aliphatic heterocycles. The fourth-order valence-electron chi connectivity index (χ4n) is 4.90. The van der Waals surface area contributed by atoms with Gasteiger partial charge in [-0.25, -0.2) is 28.6 Å². The van der Waals surface area contributed by atoms with Gasteiger partial charge in [-0.05, 0) is 71.8 Å². The SMILES string of the molecule is CC(C)(C)c1cc([N-]c2ccccc2)c([O-])c(C(C)(C)C)c1.Cc1ccccc1.[O-][Cl+3]([O-])([O-])[O-].[Ru+3].c1ccc(N=Nc2ccccn2)cc1.c1ccc(N=Nc2ccccn2)cc1. The van der Waals surface area contributed by atoms with Gasteiger partial charge in [0.05, 0.1) is 11.4 Å². The average molecular weight is 955 g/mol. The maximum atomic E-state index is 12.8. The summed E-state index contributed by atoms with van der Waals surface area (Å²) in [4.78, 5) is 8.07. The number of rotatable bonds is 6. The molecule has 7 rings (SSSR count). The summed E-state index contributed by atoms with van der Waals surface area (Å²) < 4.78 is 34.0. The van der Waals surface area contributed by atoms with E-state index in [0.717, 1.165) is 28.2 Å². The molecule has 63 heavy (non-hydrogen) atoms. The summed E-state index contributed by atoms with van der Waals surface area (Å²) in [5.74, 6) is 1.28. The van der Waals surface area contributed by atoms with Gasteiger partial charge in [-0.3, -0.25) is 0 Å². The van der Waals surface area contributed by atoms with Crippen molar-refractivity contribution in [1.82, 2.24) is 9.97 Å². The third-order valence-electron chi connectivity index (χ3n) is 8.04. The quantitative estimate of drug-likeness (QED) is 0.116. The number of benzene rings is 5. The molecule has 0 bridgehead atoms. The molecular formula is C49H51ClN7O5Ru. The Bertz CT molecular complexity index is 2170. The Hall–Kier alpha value is -6.05. The van der Waals surface area contributed by atoms with E-state index in [9.17, 15) is 5.11 Å². The molecule has 0 fully saturated rings. The van der Waals surface area contributed by atoms with Crippen molar-refractivity contribution in [2.75, 3.05) is 0 Å². The van der Waals surface area contributed by atoms with Gasteiger partial charge >= 0.3 is 19.5 Å². The van der Waals surface area contributed by atoms with E-state index in [1.807, 2.05) is 158 Å². The molecule has 1 radical (unpaired) electrons. The van der Waals surface area contributed by atoms with Crippen molar-refractivity contribution in [3.8, 4) is 5.75 Å². The number of halogens is 1. The fourth-order valence-corrected chi connectivity index (χ4v) is 4.90. The van der Waals surface area contributed by atoms with E-state index in [4.69, 9.17) is 18.6 Å². The fraction of sp³-hybridized carbons (Fsp3) is 0.184. The minimum absolute atomic E-state index is 0. The van der Waals surface area contributed by atoms with Gasteiger partial charge in [0.2, 0.25) is 0 Å². The number of para-hydroxylation sites is 1. The molecule has 0 saturated heterocycles. The molecule has 0 N–H and O–H groups in total. The largest absolute Gasteiger partial charge is 3.00 e. The molecule has 12 nitrogen and oxygen atoms in total. The van der Waals surface area contributed by atoms with Crippen molar-refractivity contribution < 1.29 is 53.5 Å². The molecule has 2 heterocycles. The van der Waals surface area contributed by atoms with Crippen molar-refractivity contribution in [3.05, 3.63) is 204 Å². The van der Waals surface area contributed by atoms with Gasteiger partial charge < -0.3 is 10.4 Å². The molecule has 0 amide bonds. The molecular weight excluding hydrogens is 903 g/mol. The Morgan fingerprint density at radius 2 is 0.873 bits per heavy atom. The van der Waals surface area contributed by atoms with E-state index in [-0.39, 0.29) is 36.1 Å². The van der Waals surface area contributed by atoms with Gasteiger partial charge in [0.15, 0.2) is 11.6 Å². The Morgan fingerprint density at radius 1 is 0.492 bits per heavy atom. The van der Waals surface area contributed by atoms with Crippen LogP contribution >= 0.6 is 0 Å². The summed E-state index contributed by atoms with van der Waals surface area (Å²) in [7, 11) is -4.94. The van der Waals surface area contributed by atoms with Gasteiger partial charge in [0.25, 0.3) is 0 Å². The number of aromatic nitrogens is 2. The van der Waals surface area contributed by atoms with Crippen molar-refractivity contribution in [1.29, 1.82) is 0 Å². The molecule has 0 aliphatic rings. The Kier molecular flexibility index (Phi) is 22.8. The molecule has 327 valence electrons. The molecule has 14 heteroatoms. The standard InChI is InChI=1S/C20H26NO.2C11H9N3.C7H8.ClHO4.Ru/c1-19(2,3)14-12-16(20(4,5)6)18(22)17(13-14)21-15-10-8-7-9-11-15;2*1-2-6-10(7-3-1)13-14-11-8-4-5-9-12-11;1-7-5-3-2-4-6-7;2-1(3,4)5;/h7-13,22H,1-6H3;2*1-9H;2-6H,1H3;(H,2,3,4,5);/q-1;;;;;+3/p-2. The van der Waals surface area contributed by atoms with Crippen LogP contribution in [0.15, 0.2) is 203 Å². The number of hydrogen-bond acceptors (Lipinski definition) is 11. The Morgan fingerprint density at radius 3 is 1.21 bits per heavy atom. The van der Waals surface area contributed by atoms with Crippen LogP contribution in [0.4, 0.5) is 34.4 Å². The maximum Gasteiger partial charge on any atom is 3.00 e. The predicted molar refractivity (Wildman–Crippen MR) is 233 cm³/mol. The average Bonchev–Trinajstić information content (AvgIpc) is 3.24. The molecule has 0 spiro atoms. The van der Waals surface area contributed by atoms with Gasteiger partial charge in [0, 0.05) is 12.4 Å². The monoisotopic (exact) mass is 954 g/mol. The number of aryl methyl sites for hydroxylation is 1. The number of nitrogens with zero attached hydrogens (tertiary/aromatic N) is 7. The third kappa shape index (κ3) is 23.1. The van der Waals surface area contributed by atoms with Crippen molar-refractivity contribution in [2.24, 2.45) is 20.5 Å². The van der Waals surface area contributed by atoms with Crippen LogP contribution in [0.3, 0.4) is 0 Å². The first-order valence-corrected chi connectivity index (χ1v) is 20.6. The van der Waals surface area contributed by atoms with E-state index in [0.29, 0.717) is 17.3 Å². The molecule has 5 aromatic carbocycles. The normalized spacial score (nSPS) is 10.9. The second-order valence-electron chi connectivity index (χ2n) is 15.3. The van der Waals surface area contributed by atoms with Crippen molar-refractivity contribution >= 4 is 34.4 Å². The van der Waals surface area contributed by atoms with Gasteiger partial charge in [-0.2, -0.15) is 0 Å². The number of hydrogen-bond donors (Lipinski definition) is 0. The zero-order chi connectivity index (χ0) is 45.4. The van der Waals surface area contributed by atoms with Crippen LogP contribution in [-0.4, -0.2) is 9.97 Å². The number of pyridine rings is 2. The van der Waals surface area contributed by atoms with E-state index in [1.165, 1.54) is 5.56 Å². The Balaban J connectivity index is 0.000000292. The smallest absolute Gasteiger partial charge is 0.873 e. The molecule has 7 aromatic rings. The van der Waals surface area contributed by atoms with Crippen LogP contribution < -0.4 is 23.7 Å². The minimum Gasteiger partial charge on any atom is -0.873 e. The summed E-state index contributed by atoms with van der Waals surface area (Å²) in [5.41, 5.74) is 6.09. The van der Waals surface area contributed by atoms with Gasteiger partial charge in [-0.1, -0.05) is 174 Å². The number of azo groups is 2. The van der Waals surface area contributed by atoms with E-state index in [2.05, 4.69) is 96.3 Å². The van der Waals surface area contributed by atoms with E-state index >= 15 is 0 Å². The van der Waals surface area contributed by atoms with E-state index in [1.54, 1.807) is 12.4 Å². The first-order valence-electron chi connectivity index (χ1n) is 19.4. The third-order valence-corrected chi connectivity index (χ3v) is 8.04. The first-order chi connectivity index (χ1) is 29.4. The molecule has 0 saturated carbocycles.